The van der Waals surface area contributed by atoms with Crippen LogP contribution in [0.1, 0.15) is 34.9 Å². The van der Waals surface area contributed by atoms with E-state index >= 15 is 0 Å². The molecule has 26 heavy (non-hydrogen) atoms. The summed E-state index contributed by atoms with van der Waals surface area (Å²) in [7, 11) is 1.76. The molecule has 1 amide bonds. The number of amides is 1. The van der Waals surface area contributed by atoms with Gasteiger partial charge < -0.3 is 4.90 Å². The molecule has 0 aliphatic rings. The average molecular weight is 370 g/mol. The zero-order valence-electron chi connectivity index (χ0n) is 14.7. The van der Waals surface area contributed by atoms with Crippen LogP contribution in [0.5, 0.6) is 0 Å². The van der Waals surface area contributed by atoms with Crippen LogP contribution in [0.25, 0.3) is 0 Å². The first kappa shape index (κ1) is 18.1. The number of hydrogen-bond donors (Lipinski definition) is 0. The monoisotopic (exact) mass is 369 g/mol. The van der Waals surface area contributed by atoms with Crippen molar-refractivity contribution in [2.75, 3.05) is 7.05 Å². The second-order valence-corrected chi connectivity index (χ2v) is 6.70. The van der Waals surface area contributed by atoms with Crippen molar-refractivity contribution in [2.24, 2.45) is 0 Å². The van der Waals surface area contributed by atoms with Gasteiger partial charge >= 0.3 is 0 Å². The molecule has 6 heteroatoms. The van der Waals surface area contributed by atoms with E-state index in [1.54, 1.807) is 11.9 Å². The van der Waals surface area contributed by atoms with Crippen molar-refractivity contribution in [3.05, 3.63) is 82.1 Å². The molecule has 0 saturated carbocycles. The lowest BCUT2D eigenvalue weighted by molar-refractivity contribution is -0.130. The summed E-state index contributed by atoms with van der Waals surface area (Å²) < 4.78 is 4.71. The minimum atomic E-state index is -0.0417. The van der Waals surface area contributed by atoms with Crippen molar-refractivity contribution in [3.63, 3.8) is 0 Å². The van der Waals surface area contributed by atoms with Gasteiger partial charge in [0.25, 0.3) is 0 Å². The number of halogens is 1. The lowest BCUT2D eigenvalue weighted by Gasteiger charge is -2.22. The third-order valence-electron chi connectivity index (χ3n) is 4.41. The summed E-state index contributed by atoms with van der Waals surface area (Å²) in [6, 6.07) is 17.7. The molecule has 1 unspecified atom stereocenters. The molecule has 0 aliphatic heterocycles. The number of benzene rings is 2. The van der Waals surface area contributed by atoms with Crippen LogP contribution >= 0.6 is 11.6 Å². The van der Waals surface area contributed by atoms with Gasteiger partial charge in [0.15, 0.2) is 0 Å². The van der Waals surface area contributed by atoms with Gasteiger partial charge in [0.05, 0.1) is 6.54 Å². The molecule has 1 aromatic heterocycles. The average Bonchev–Trinajstić information content (AvgIpc) is 3.05. The number of nitrogens with zero attached hydrogens (tertiary/aromatic N) is 3. The van der Waals surface area contributed by atoms with Gasteiger partial charge in [-0.05, 0) is 30.2 Å². The number of carbonyl (C=O) groups is 1. The second kappa shape index (κ2) is 8.15. The summed E-state index contributed by atoms with van der Waals surface area (Å²) in [4.78, 5) is 14.5. The van der Waals surface area contributed by atoms with Gasteiger partial charge in [-0.2, -0.15) is 0 Å². The van der Waals surface area contributed by atoms with Crippen molar-refractivity contribution < 1.29 is 9.42 Å². The van der Waals surface area contributed by atoms with Crippen LogP contribution in [0, 0.1) is 6.92 Å². The molecular weight excluding hydrogens is 350 g/mol. The second-order valence-electron chi connectivity index (χ2n) is 6.27. The Kier molecular flexibility index (Phi) is 5.68. The molecule has 5 nitrogen and oxygen atoms in total. The van der Waals surface area contributed by atoms with Crippen LogP contribution in [0.3, 0.4) is 0 Å². The maximum atomic E-state index is 12.8. The fourth-order valence-electron chi connectivity index (χ4n) is 2.84. The van der Waals surface area contributed by atoms with Gasteiger partial charge in [-0.25, -0.2) is 4.63 Å². The molecule has 1 heterocycles. The van der Waals surface area contributed by atoms with E-state index in [4.69, 9.17) is 16.2 Å². The van der Waals surface area contributed by atoms with Gasteiger partial charge in [0.1, 0.15) is 11.4 Å². The highest BCUT2D eigenvalue weighted by Gasteiger charge is 2.21. The van der Waals surface area contributed by atoms with Crippen molar-refractivity contribution >= 4 is 17.5 Å². The van der Waals surface area contributed by atoms with E-state index in [-0.39, 0.29) is 11.8 Å². The number of rotatable bonds is 6. The van der Waals surface area contributed by atoms with Gasteiger partial charge in [0, 0.05) is 24.4 Å². The first-order valence-corrected chi connectivity index (χ1v) is 8.75. The molecule has 0 N–H and O–H groups in total. The number of carbonyl (C=O) groups excluding carboxylic acids is 1. The Hall–Kier alpha value is -2.66. The third kappa shape index (κ3) is 4.29. The molecule has 1 atom stereocenters. The Morgan fingerprint density at radius 1 is 1.08 bits per heavy atom. The lowest BCUT2D eigenvalue weighted by Crippen LogP contribution is -2.28. The largest absolute Gasteiger partial charge is 0.340 e. The number of hydrogen-bond acceptors (Lipinski definition) is 4. The summed E-state index contributed by atoms with van der Waals surface area (Å²) in [5.41, 5.74) is 3.52. The standard InChI is InChI=1S/C20H20ClN3O2/c1-14-19(23-26-22-14)13-24(2)20(25)12-18(15-6-4-3-5-7-15)16-8-10-17(21)11-9-16/h3-11,18H,12-13H2,1-2H3. The van der Waals surface area contributed by atoms with Crippen LogP contribution in [-0.2, 0) is 11.3 Å². The quantitative estimate of drug-likeness (QED) is 0.653. The molecule has 3 aromatic rings. The molecule has 0 saturated heterocycles. The Labute approximate surface area is 157 Å². The van der Waals surface area contributed by atoms with Gasteiger partial charge in [-0.15, -0.1) is 0 Å². The molecule has 2 aromatic carbocycles. The highest BCUT2D eigenvalue weighted by Crippen LogP contribution is 2.29. The molecule has 0 fully saturated rings. The molecule has 0 bridgehead atoms. The molecule has 0 radical (unpaired) electrons. The van der Waals surface area contributed by atoms with Crippen molar-refractivity contribution in [1.29, 1.82) is 0 Å². The summed E-state index contributed by atoms with van der Waals surface area (Å²) in [5.74, 6) is -0.0175. The van der Waals surface area contributed by atoms with E-state index in [1.165, 1.54) is 0 Å². The van der Waals surface area contributed by atoms with Gasteiger partial charge in [-0.3, -0.25) is 4.79 Å². The Bertz CT molecular complexity index is 862. The molecule has 0 aliphatic carbocycles. The Balaban J connectivity index is 1.80. The van der Waals surface area contributed by atoms with Gasteiger partial charge in [-0.1, -0.05) is 64.4 Å². The van der Waals surface area contributed by atoms with Crippen molar-refractivity contribution in [2.45, 2.75) is 25.8 Å². The summed E-state index contributed by atoms with van der Waals surface area (Å²) in [5, 5.41) is 8.28. The highest BCUT2D eigenvalue weighted by atomic mass is 35.5. The van der Waals surface area contributed by atoms with E-state index in [2.05, 4.69) is 10.3 Å². The van der Waals surface area contributed by atoms with E-state index in [9.17, 15) is 4.79 Å². The topological polar surface area (TPSA) is 59.2 Å². The molecular formula is C20H20ClN3O2. The van der Waals surface area contributed by atoms with E-state index < -0.39 is 0 Å². The maximum Gasteiger partial charge on any atom is 0.223 e. The highest BCUT2D eigenvalue weighted by molar-refractivity contribution is 6.30. The van der Waals surface area contributed by atoms with Crippen molar-refractivity contribution in [3.8, 4) is 0 Å². The van der Waals surface area contributed by atoms with E-state index in [0.717, 1.165) is 11.1 Å². The third-order valence-corrected chi connectivity index (χ3v) is 4.66. The summed E-state index contributed by atoms with van der Waals surface area (Å²) in [6.07, 6.45) is 0.354. The fraction of sp³-hybridized carbons (Fsp3) is 0.250. The summed E-state index contributed by atoms with van der Waals surface area (Å²) >= 11 is 6.02. The normalized spacial score (nSPS) is 12.0. The zero-order valence-corrected chi connectivity index (χ0v) is 15.5. The van der Waals surface area contributed by atoms with Gasteiger partial charge in [0.2, 0.25) is 5.91 Å². The predicted octanol–water partition coefficient (Wildman–Crippen LogP) is 4.21. The minimum absolute atomic E-state index is 0.0243. The number of aromatic nitrogens is 2. The van der Waals surface area contributed by atoms with E-state index in [0.29, 0.717) is 29.4 Å². The van der Waals surface area contributed by atoms with Crippen LogP contribution in [0.15, 0.2) is 59.2 Å². The molecule has 3 rings (SSSR count). The minimum Gasteiger partial charge on any atom is -0.340 e. The number of aryl methyl sites for hydroxylation is 1. The maximum absolute atomic E-state index is 12.8. The predicted molar refractivity (Wildman–Crippen MR) is 99.9 cm³/mol. The van der Waals surface area contributed by atoms with Crippen LogP contribution in [0.4, 0.5) is 0 Å². The van der Waals surface area contributed by atoms with Crippen LogP contribution < -0.4 is 0 Å². The smallest absolute Gasteiger partial charge is 0.223 e. The molecule has 134 valence electrons. The lowest BCUT2D eigenvalue weighted by atomic mass is 9.88. The Morgan fingerprint density at radius 3 is 2.35 bits per heavy atom. The zero-order chi connectivity index (χ0) is 18.5. The fourth-order valence-corrected chi connectivity index (χ4v) is 2.97. The first-order valence-electron chi connectivity index (χ1n) is 8.37. The first-order chi connectivity index (χ1) is 12.5. The SMILES string of the molecule is Cc1nonc1CN(C)C(=O)CC(c1ccccc1)c1ccc(Cl)cc1. The van der Waals surface area contributed by atoms with Crippen molar-refractivity contribution in [1.82, 2.24) is 15.2 Å². The molecule has 0 spiro atoms. The van der Waals surface area contributed by atoms with Crippen LogP contribution in [-0.4, -0.2) is 28.2 Å². The Morgan fingerprint density at radius 2 is 1.73 bits per heavy atom. The van der Waals surface area contributed by atoms with Crippen LogP contribution in [0.2, 0.25) is 5.02 Å². The van der Waals surface area contributed by atoms with E-state index in [1.807, 2.05) is 61.5 Å². The summed E-state index contributed by atoms with van der Waals surface area (Å²) in [6.45, 7) is 2.18.